The van der Waals surface area contributed by atoms with Crippen LogP contribution in [0.15, 0.2) is 18.2 Å². The van der Waals surface area contributed by atoms with Gasteiger partial charge in [-0.3, -0.25) is 4.79 Å². The van der Waals surface area contributed by atoms with E-state index in [2.05, 4.69) is 32.2 Å². The van der Waals surface area contributed by atoms with Gasteiger partial charge in [0.25, 0.3) is 0 Å². The molecule has 2 atom stereocenters. The van der Waals surface area contributed by atoms with Gasteiger partial charge in [0.15, 0.2) is 0 Å². The van der Waals surface area contributed by atoms with Crippen LogP contribution in [-0.2, 0) is 4.79 Å². The van der Waals surface area contributed by atoms with E-state index in [9.17, 15) is 9.90 Å². The molecule has 0 aliphatic heterocycles. The summed E-state index contributed by atoms with van der Waals surface area (Å²) in [6.07, 6.45) is 0.834. The van der Waals surface area contributed by atoms with Gasteiger partial charge in [-0.05, 0) is 42.0 Å². The van der Waals surface area contributed by atoms with E-state index in [4.69, 9.17) is 4.74 Å². The zero-order chi connectivity index (χ0) is 16.7. The highest BCUT2D eigenvalue weighted by molar-refractivity contribution is 5.73. The number of carboxylic acid groups (broad SMARTS) is 1. The molecule has 0 aliphatic rings. The normalized spacial score (nSPS) is 13.9. The van der Waals surface area contributed by atoms with Crippen LogP contribution in [0.3, 0.4) is 0 Å². The molecular formula is C18H29NO3. The first-order valence-corrected chi connectivity index (χ1v) is 8.06. The second-order valence-corrected chi connectivity index (χ2v) is 6.18. The third kappa shape index (κ3) is 5.34. The number of benzene rings is 1. The summed E-state index contributed by atoms with van der Waals surface area (Å²) < 4.78 is 5.71. The SMILES string of the molecule is CC[C@H](C)[C@H](NCCOc1ccc(C(C)C)c(C)c1)C(=O)O. The molecule has 0 saturated heterocycles. The summed E-state index contributed by atoms with van der Waals surface area (Å²) in [5.74, 6) is 0.637. The van der Waals surface area contributed by atoms with Crippen LogP contribution in [0.25, 0.3) is 0 Å². The highest BCUT2D eigenvalue weighted by atomic mass is 16.5. The molecule has 2 N–H and O–H groups in total. The predicted molar refractivity (Wildman–Crippen MR) is 89.6 cm³/mol. The molecule has 0 fully saturated rings. The number of carbonyl (C=O) groups is 1. The first kappa shape index (κ1) is 18.5. The summed E-state index contributed by atoms with van der Waals surface area (Å²) >= 11 is 0. The molecule has 1 aromatic carbocycles. The molecule has 0 amide bonds. The number of rotatable bonds is 9. The Hall–Kier alpha value is -1.55. The Kier molecular flexibility index (Phi) is 7.39. The van der Waals surface area contributed by atoms with Crippen LogP contribution in [0.1, 0.15) is 51.2 Å². The monoisotopic (exact) mass is 307 g/mol. The molecule has 4 heteroatoms. The summed E-state index contributed by atoms with van der Waals surface area (Å²) in [6.45, 7) is 11.4. The fraction of sp³-hybridized carbons (Fsp3) is 0.611. The van der Waals surface area contributed by atoms with E-state index in [1.54, 1.807) is 0 Å². The maximum Gasteiger partial charge on any atom is 0.320 e. The number of aliphatic carboxylic acids is 1. The highest BCUT2D eigenvalue weighted by Crippen LogP contribution is 2.23. The molecule has 1 rings (SSSR count). The number of hydrogen-bond donors (Lipinski definition) is 2. The molecule has 1 aromatic rings. The van der Waals surface area contributed by atoms with Crippen LogP contribution in [0, 0.1) is 12.8 Å². The van der Waals surface area contributed by atoms with E-state index in [1.807, 2.05) is 26.0 Å². The molecule has 0 radical (unpaired) electrons. The van der Waals surface area contributed by atoms with Crippen LogP contribution in [0.5, 0.6) is 5.75 Å². The first-order chi connectivity index (χ1) is 10.4. The van der Waals surface area contributed by atoms with Gasteiger partial charge < -0.3 is 15.2 Å². The van der Waals surface area contributed by atoms with Crippen molar-refractivity contribution in [2.45, 2.75) is 53.0 Å². The zero-order valence-corrected chi connectivity index (χ0v) is 14.3. The fourth-order valence-corrected chi connectivity index (χ4v) is 2.54. The maximum absolute atomic E-state index is 11.2. The summed E-state index contributed by atoms with van der Waals surface area (Å²) in [4.78, 5) is 11.2. The van der Waals surface area contributed by atoms with Crippen molar-refractivity contribution in [3.05, 3.63) is 29.3 Å². The van der Waals surface area contributed by atoms with E-state index in [-0.39, 0.29) is 5.92 Å². The average molecular weight is 307 g/mol. The Labute approximate surface area is 133 Å². The molecule has 0 bridgehead atoms. The largest absolute Gasteiger partial charge is 0.492 e. The van der Waals surface area contributed by atoms with Crippen molar-refractivity contribution in [1.82, 2.24) is 5.32 Å². The van der Waals surface area contributed by atoms with Gasteiger partial charge in [0, 0.05) is 6.54 Å². The molecule has 124 valence electrons. The quantitative estimate of drug-likeness (QED) is 0.685. The van der Waals surface area contributed by atoms with Gasteiger partial charge in [-0.1, -0.05) is 40.2 Å². The van der Waals surface area contributed by atoms with Gasteiger partial charge in [0.1, 0.15) is 18.4 Å². The molecule has 4 nitrogen and oxygen atoms in total. The number of ether oxygens (including phenoxy) is 1. The number of hydrogen-bond acceptors (Lipinski definition) is 3. The molecule has 0 aliphatic carbocycles. The van der Waals surface area contributed by atoms with Crippen molar-refractivity contribution in [3.63, 3.8) is 0 Å². The van der Waals surface area contributed by atoms with Crippen LogP contribution in [0.2, 0.25) is 0 Å². The van der Waals surface area contributed by atoms with Crippen molar-refractivity contribution in [2.75, 3.05) is 13.2 Å². The second-order valence-electron chi connectivity index (χ2n) is 6.18. The minimum Gasteiger partial charge on any atom is -0.492 e. The molecule has 22 heavy (non-hydrogen) atoms. The summed E-state index contributed by atoms with van der Waals surface area (Å²) in [5.41, 5.74) is 2.55. The van der Waals surface area contributed by atoms with Crippen molar-refractivity contribution < 1.29 is 14.6 Å². The minimum atomic E-state index is -0.800. The van der Waals surface area contributed by atoms with Crippen molar-refractivity contribution >= 4 is 5.97 Å². The number of aryl methyl sites for hydroxylation is 1. The van der Waals surface area contributed by atoms with Gasteiger partial charge in [-0.15, -0.1) is 0 Å². The lowest BCUT2D eigenvalue weighted by Gasteiger charge is -2.20. The van der Waals surface area contributed by atoms with E-state index in [0.29, 0.717) is 19.1 Å². The predicted octanol–water partition coefficient (Wildman–Crippen LogP) is 3.59. The first-order valence-electron chi connectivity index (χ1n) is 8.06. The lowest BCUT2D eigenvalue weighted by Crippen LogP contribution is -2.43. The molecule has 0 spiro atoms. The van der Waals surface area contributed by atoms with Crippen LogP contribution >= 0.6 is 0 Å². The standard InChI is InChI=1S/C18H29NO3/c1-6-13(4)17(18(20)21)19-9-10-22-15-7-8-16(12(2)3)14(5)11-15/h7-8,11-13,17,19H,6,9-10H2,1-5H3,(H,20,21)/t13-,17-/m0/s1. The Balaban J connectivity index is 2.47. The van der Waals surface area contributed by atoms with E-state index >= 15 is 0 Å². The third-order valence-electron chi connectivity index (χ3n) is 4.08. The van der Waals surface area contributed by atoms with Crippen molar-refractivity contribution in [2.24, 2.45) is 5.92 Å². The molecular weight excluding hydrogens is 278 g/mol. The molecule has 0 saturated carbocycles. The van der Waals surface area contributed by atoms with E-state index in [1.165, 1.54) is 11.1 Å². The molecule has 0 heterocycles. The van der Waals surface area contributed by atoms with Crippen LogP contribution < -0.4 is 10.1 Å². The summed E-state index contributed by atoms with van der Waals surface area (Å²) in [7, 11) is 0. The minimum absolute atomic E-state index is 0.102. The molecule has 0 unspecified atom stereocenters. The highest BCUT2D eigenvalue weighted by Gasteiger charge is 2.22. The van der Waals surface area contributed by atoms with Gasteiger partial charge in [0.2, 0.25) is 0 Å². The smallest absolute Gasteiger partial charge is 0.320 e. The summed E-state index contributed by atoms with van der Waals surface area (Å²) in [5, 5.41) is 12.3. The van der Waals surface area contributed by atoms with E-state index in [0.717, 1.165) is 12.2 Å². The molecule has 0 aromatic heterocycles. The van der Waals surface area contributed by atoms with Crippen molar-refractivity contribution in [3.8, 4) is 5.75 Å². The van der Waals surface area contributed by atoms with Gasteiger partial charge in [-0.25, -0.2) is 0 Å². The Morgan fingerprint density at radius 3 is 2.50 bits per heavy atom. The van der Waals surface area contributed by atoms with E-state index < -0.39 is 12.0 Å². The van der Waals surface area contributed by atoms with Crippen LogP contribution in [-0.4, -0.2) is 30.3 Å². The maximum atomic E-state index is 11.2. The lowest BCUT2D eigenvalue weighted by atomic mass is 9.98. The Morgan fingerprint density at radius 1 is 1.32 bits per heavy atom. The van der Waals surface area contributed by atoms with Gasteiger partial charge in [0.05, 0.1) is 0 Å². The lowest BCUT2D eigenvalue weighted by molar-refractivity contribution is -0.140. The van der Waals surface area contributed by atoms with Crippen LogP contribution in [0.4, 0.5) is 0 Å². The van der Waals surface area contributed by atoms with Gasteiger partial charge in [-0.2, -0.15) is 0 Å². The zero-order valence-electron chi connectivity index (χ0n) is 14.3. The van der Waals surface area contributed by atoms with Gasteiger partial charge >= 0.3 is 5.97 Å². The third-order valence-corrected chi connectivity index (χ3v) is 4.08. The fourth-order valence-electron chi connectivity index (χ4n) is 2.54. The summed E-state index contributed by atoms with van der Waals surface area (Å²) in [6, 6.07) is 5.60. The Morgan fingerprint density at radius 2 is 2.00 bits per heavy atom. The second kappa shape index (κ2) is 8.79. The Bertz CT molecular complexity index is 485. The number of carboxylic acids is 1. The average Bonchev–Trinajstić information content (AvgIpc) is 2.45. The number of nitrogens with one attached hydrogen (secondary N) is 1. The topological polar surface area (TPSA) is 58.6 Å². The van der Waals surface area contributed by atoms with Crippen molar-refractivity contribution in [1.29, 1.82) is 0 Å².